The van der Waals surface area contributed by atoms with E-state index in [1.54, 1.807) is 18.9 Å². The maximum atomic E-state index is 13.2. The predicted molar refractivity (Wildman–Crippen MR) is 134 cm³/mol. The molecule has 0 aliphatic carbocycles. The van der Waals surface area contributed by atoms with E-state index < -0.39 is 26.7 Å². The Kier molecular flexibility index (Phi) is 9.29. The second kappa shape index (κ2) is 11.2. The van der Waals surface area contributed by atoms with Gasteiger partial charge in [0.15, 0.2) is 14.8 Å². The number of rotatable bonds is 10. The van der Waals surface area contributed by atoms with Crippen molar-refractivity contribution in [3.63, 3.8) is 0 Å². The molecule has 34 heavy (non-hydrogen) atoms. The summed E-state index contributed by atoms with van der Waals surface area (Å²) in [4.78, 5) is 39.8. The molecular weight excluding hydrogens is 452 g/mol. The first-order chi connectivity index (χ1) is 15.7. The Morgan fingerprint density at radius 3 is 2.41 bits per heavy atom. The topological polar surface area (TPSA) is 94.2 Å². The van der Waals surface area contributed by atoms with Crippen LogP contribution in [0.3, 0.4) is 0 Å². The second-order valence-corrected chi connectivity index (χ2v) is 13.1. The fraction of sp³-hybridized carbons (Fsp3) is 0.720. The zero-order valence-corrected chi connectivity index (χ0v) is 23.1. The van der Waals surface area contributed by atoms with Gasteiger partial charge in [0.25, 0.3) is 0 Å². The molecule has 0 spiro atoms. The number of carbonyl (C=O) groups is 3. The third-order valence-corrected chi connectivity index (χ3v) is 8.02. The molecule has 192 valence electrons. The number of hydrogen-bond acceptors (Lipinski definition) is 6. The summed E-state index contributed by atoms with van der Waals surface area (Å²) in [6.45, 7) is 18.3. The van der Waals surface area contributed by atoms with Gasteiger partial charge in [0, 0.05) is 13.5 Å². The number of methoxy groups -OCH3 is 1. The molecule has 5 atom stereocenters. The fourth-order valence-electron chi connectivity index (χ4n) is 4.77. The van der Waals surface area contributed by atoms with Gasteiger partial charge < -0.3 is 19.2 Å². The number of hydrogen-bond donors (Lipinski definition) is 1. The summed E-state index contributed by atoms with van der Waals surface area (Å²) >= 11 is 0. The smallest absolute Gasteiger partial charge is 0.410 e. The van der Waals surface area contributed by atoms with Crippen molar-refractivity contribution in [3.05, 3.63) is 24.3 Å². The van der Waals surface area contributed by atoms with Gasteiger partial charge in [-0.3, -0.25) is 14.5 Å². The Labute approximate surface area is 205 Å². The predicted octanol–water partition coefficient (Wildman–Crippen LogP) is 3.22. The number of β-lactam (4-membered cyclic amide) rings is 1. The molecule has 2 aliphatic rings. The van der Waals surface area contributed by atoms with Crippen LogP contribution in [0.15, 0.2) is 24.3 Å². The number of ketones is 1. The average Bonchev–Trinajstić information content (AvgIpc) is 3.12. The zero-order chi connectivity index (χ0) is 25.8. The van der Waals surface area contributed by atoms with Crippen LogP contribution < -0.4 is 5.32 Å². The molecule has 2 saturated heterocycles. The Morgan fingerprint density at radius 2 is 1.91 bits per heavy atom. The fourth-order valence-corrected chi connectivity index (χ4v) is 6.25. The Balaban J connectivity index is 2.16. The highest BCUT2D eigenvalue weighted by Gasteiger charge is 2.57. The molecule has 0 saturated carbocycles. The average molecular weight is 495 g/mol. The largest absolute Gasteiger partial charge is 0.445 e. The molecule has 0 aromatic rings. The third-order valence-electron chi connectivity index (χ3n) is 7.06. The number of carbonyl (C=O) groups excluding carboxylic acids is 3. The van der Waals surface area contributed by atoms with E-state index in [1.807, 2.05) is 13.0 Å². The van der Waals surface area contributed by atoms with Crippen LogP contribution in [0, 0.1) is 11.3 Å². The van der Waals surface area contributed by atoms with Crippen LogP contribution in [0.4, 0.5) is 4.79 Å². The van der Waals surface area contributed by atoms with Crippen molar-refractivity contribution < 1.29 is 28.3 Å². The van der Waals surface area contributed by atoms with E-state index in [0.29, 0.717) is 18.5 Å². The van der Waals surface area contributed by atoms with Crippen molar-refractivity contribution in [3.8, 4) is 0 Å². The van der Waals surface area contributed by atoms with Gasteiger partial charge in [0.1, 0.15) is 6.61 Å². The Bertz CT molecular complexity index is 821. The van der Waals surface area contributed by atoms with Crippen molar-refractivity contribution >= 4 is 26.8 Å². The van der Waals surface area contributed by atoms with E-state index in [-0.39, 0.29) is 48.3 Å². The standard InChI is InChI=1S/C25H42N2O6Si/c1-10-11-32-23(30)27-15-18(31-7)13-17(27)12-16(2)20(28)14-19-21(22(29)26-19)25(6,24(3,4)5)33-34(8)9/h10,12,17-19,21,34H,1,11,13-15H2,2-9H3,(H,26,29)/b16-12+/t17-,18+,19-,21-,25-/m1/s1. The molecule has 8 nitrogen and oxygen atoms in total. The van der Waals surface area contributed by atoms with E-state index in [1.165, 1.54) is 6.08 Å². The van der Waals surface area contributed by atoms with Crippen LogP contribution in [-0.2, 0) is 23.5 Å². The van der Waals surface area contributed by atoms with E-state index in [2.05, 4.69) is 45.8 Å². The van der Waals surface area contributed by atoms with Gasteiger partial charge in [-0.2, -0.15) is 0 Å². The summed E-state index contributed by atoms with van der Waals surface area (Å²) in [6.07, 6.45) is 3.52. The lowest BCUT2D eigenvalue weighted by molar-refractivity contribution is -0.160. The maximum Gasteiger partial charge on any atom is 0.410 e. The molecule has 2 aliphatic heterocycles. The third kappa shape index (κ3) is 6.17. The molecule has 2 amide bonds. The van der Waals surface area contributed by atoms with Gasteiger partial charge in [-0.05, 0) is 44.4 Å². The highest BCUT2D eigenvalue weighted by molar-refractivity contribution is 6.48. The number of ether oxygens (including phenoxy) is 2. The summed E-state index contributed by atoms with van der Waals surface area (Å²) in [6, 6.07) is -0.586. The van der Waals surface area contributed by atoms with Crippen molar-refractivity contribution in [2.75, 3.05) is 20.3 Å². The lowest BCUT2D eigenvalue weighted by Gasteiger charge is -2.54. The zero-order valence-electron chi connectivity index (χ0n) is 22.0. The first-order valence-corrected chi connectivity index (χ1v) is 14.8. The summed E-state index contributed by atoms with van der Waals surface area (Å²) < 4.78 is 17.1. The van der Waals surface area contributed by atoms with E-state index in [4.69, 9.17) is 13.9 Å². The lowest BCUT2D eigenvalue weighted by atomic mass is 9.63. The summed E-state index contributed by atoms with van der Waals surface area (Å²) in [5.74, 6) is -0.524. The van der Waals surface area contributed by atoms with Crippen LogP contribution in [0.25, 0.3) is 0 Å². The number of amides is 2. The van der Waals surface area contributed by atoms with Gasteiger partial charge in [-0.15, -0.1) is 0 Å². The van der Waals surface area contributed by atoms with Gasteiger partial charge in [-0.25, -0.2) is 4.79 Å². The van der Waals surface area contributed by atoms with Crippen LogP contribution in [0.2, 0.25) is 13.1 Å². The summed E-state index contributed by atoms with van der Waals surface area (Å²) in [5, 5.41) is 2.92. The summed E-state index contributed by atoms with van der Waals surface area (Å²) in [5.41, 5.74) is -0.384. The normalized spacial score (nSPS) is 27.1. The van der Waals surface area contributed by atoms with E-state index >= 15 is 0 Å². The highest BCUT2D eigenvalue weighted by atomic mass is 28.3. The lowest BCUT2D eigenvalue weighted by Crippen LogP contribution is -2.70. The molecule has 0 aromatic heterocycles. The van der Waals surface area contributed by atoms with Crippen molar-refractivity contribution in [1.29, 1.82) is 0 Å². The molecular formula is C25H42N2O6Si. The van der Waals surface area contributed by atoms with Gasteiger partial charge in [0.05, 0.1) is 36.3 Å². The van der Waals surface area contributed by atoms with E-state index in [0.717, 1.165) is 0 Å². The SMILES string of the molecule is C=CCOC(=O)N1C[C@@H](OC)C[C@H]1/C=C(\C)C(=O)C[C@H]1NC(=O)[C@@H]1[C@@](C)(O[SiH](C)C)C(C)(C)C. The van der Waals surface area contributed by atoms with Gasteiger partial charge >= 0.3 is 6.09 Å². The minimum absolute atomic E-state index is 0.0617. The van der Waals surface area contributed by atoms with Gasteiger partial charge in [-0.1, -0.05) is 39.5 Å². The first-order valence-electron chi connectivity index (χ1n) is 12.0. The molecule has 1 N–H and O–H groups in total. The number of nitrogens with one attached hydrogen (secondary N) is 1. The van der Waals surface area contributed by atoms with Crippen molar-refractivity contribution in [2.45, 2.75) is 84.3 Å². The van der Waals surface area contributed by atoms with E-state index in [9.17, 15) is 14.4 Å². The molecule has 2 rings (SSSR count). The van der Waals surface area contributed by atoms with Gasteiger partial charge in [0.2, 0.25) is 5.91 Å². The molecule has 9 heteroatoms. The number of Topliss-reactive ketones (excluding diaryl/α,β-unsaturated/α-hetero) is 1. The molecule has 2 heterocycles. The van der Waals surface area contributed by atoms with Crippen molar-refractivity contribution in [2.24, 2.45) is 11.3 Å². The van der Waals surface area contributed by atoms with Crippen LogP contribution >= 0.6 is 0 Å². The Morgan fingerprint density at radius 1 is 1.26 bits per heavy atom. The number of allylic oxidation sites excluding steroid dienone is 1. The van der Waals surface area contributed by atoms with Crippen LogP contribution in [-0.4, -0.2) is 75.8 Å². The summed E-state index contributed by atoms with van der Waals surface area (Å²) in [7, 11) is 0.166. The molecule has 0 aromatic carbocycles. The van der Waals surface area contributed by atoms with Crippen LogP contribution in [0.5, 0.6) is 0 Å². The molecule has 0 unspecified atom stereocenters. The maximum absolute atomic E-state index is 13.2. The quantitative estimate of drug-likeness (QED) is 0.217. The highest BCUT2D eigenvalue weighted by Crippen LogP contribution is 2.45. The number of nitrogens with zero attached hydrogens (tertiary/aromatic N) is 1. The van der Waals surface area contributed by atoms with Crippen LogP contribution in [0.1, 0.15) is 47.5 Å². The molecule has 0 radical (unpaired) electrons. The number of likely N-dealkylation sites (tertiary alicyclic amines) is 1. The van der Waals surface area contributed by atoms with Crippen molar-refractivity contribution in [1.82, 2.24) is 10.2 Å². The first kappa shape index (κ1) is 28.3. The monoisotopic (exact) mass is 494 g/mol. The minimum atomic E-state index is -1.44. The minimum Gasteiger partial charge on any atom is -0.445 e. The molecule has 0 bridgehead atoms. The second-order valence-electron chi connectivity index (χ2n) is 10.8. The molecule has 2 fully saturated rings. The Hall–Kier alpha value is -1.97.